The molecule has 3 aromatic carbocycles. The molecule has 9 heteroatoms. The van der Waals surface area contributed by atoms with Crippen LogP contribution in [0.3, 0.4) is 0 Å². The van der Waals surface area contributed by atoms with Crippen molar-refractivity contribution in [2.75, 3.05) is 18.5 Å². The zero-order chi connectivity index (χ0) is 26.7. The van der Waals surface area contributed by atoms with Crippen molar-refractivity contribution in [3.05, 3.63) is 107 Å². The summed E-state index contributed by atoms with van der Waals surface area (Å²) in [7, 11) is 0. The number of anilines is 1. The summed E-state index contributed by atoms with van der Waals surface area (Å²) in [5.74, 6) is 1.40. The summed E-state index contributed by atoms with van der Waals surface area (Å²) in [5, 5.41) is 2.78. The van der Waals surface area contributed by atoms with Gasteiger partial charge in [-0.25, -0.2) is 0 Å². The van der Waals surface area contributed by atoms with Gasteiger partial charge in [0, 0.05) is 41.9 Å². The minimum absolute atomic E-state index is 0.113. The van der Waals surface area contributed by atoms with Gasteiger partial charge in [-0.05, 0) is 66.7 Å². The molecule has 1 N–H and O–H groups in total. The van der Waals surface area contributed by atoms with Crippen LogP contribution in [0.5, 0.6) is 5.75 Å². The minimum Gasteiger partial charge on any atom is -0.484 e. The number of nitrogens with one attached hydrogen (secondary N) is 1. The number of hydrogen-bond donors (Lipinski definition) is 1. The van der Waals surface area contributed by atoms with Gasteiger partial charge in [-0.15, -0.1) is 0 Å². The summed E-state index contributed by atoms with van der Waals surface area (Å²) in [6, 6.07) is 22.3. The molecule has 0 unspecified atom stereocenters. The third-order valence-electron chi connectivity index (χ3n) is 6.18. The molecule has 0 fully saturated rings. The predicted octanol–water partition coefficient (Wildman–Crippen LogP) is 6.18. The summed E-state index contributed by atoms with van der Waals surface area (Å²) < 4.78 is 49.9. The SMILES string of the molecule is O=C(COc1ccccc1)Nc1ccc(-c2cc3c(o2)CCN(C(=O)c2ccc(C(F)(F)F)cc2)C3)cc1. The number of nitrogens with zero attached hydrogens (tertiary/aromatic N) is 1. The lowest BCUT2D eigenvalue weighted by Gasteiger charge is -2.26. The average Bonchev–Trinajstić information content (AvgIpc) is 3.36. The molecule has 0 bridgehead atoms. The van der Waals surface area contributed by atoms with Gasteiger partial charge in [0.2, 0.25) is 0 Å². The average molecular weight is 521 g/mol. The van der Waals surface area contributed by atoms with Crippen LogP contribution in [0.25, 0.3) is 11.3 Å². The van der Waals surface area contributed by atoms with Crippen molar-refractivity contribution >= 4 is 17.5 Å². The second kappa shape index (κ2) is 10.5. The molecule has 0 radical (unpaired) electrons. The molecule has 1 aliphatic heterocycles. The molecule has 0 aliphatic carbocycles. The molecule has 2 amide bonds. The third kappa shape index (κ3) is 5.72. The standard InChI is InChI=1S/C29H23F3N2O4/c30-29(31,32)22-10-6-20(7-11-22)28(36)34-15-14-25-21(17-34)16-26(38-25)19-8-12-23(13-9-19)33-27(35)18-37-24-4-2-1-3-5-24/h1-13,16H,14-15,17-18H2,(H,33,35). The summed E-state index contributed by atoms with van der Waals surface area (Å²) >= 11 is 0. The van der Waals surface area contributed by atoms with E-state index in [1.54, 1.807) is 29.2 Å². The van der Waals surface area contributed by atoms with Crippen LogP contribution in [-0.2, 0) is 23.9 Å². The number of alkyl halides is 3. The number of amides is 2. The highest BCUT2D eigenvalue weighted by Crippen LogP contribution is 2.32. The van der Waals surface area contributed by atoms with Crippen molar-refractivity contribution in [3.8, 4) is 17.1 Å². The molecule has 1 aromatic heterocycles. The van der Waals surface area contributed by atoms with Crippen LogP contribution < -0.4 is 10.1 Å². The first-order chi connectivity index (χ1) is 18.3. The lowest BCUT2D eigenvalue weighted by atomic mass is 10.1. The summed E-state index contributed by atoms with van der Waals surface area (Å²) in [6.45, 7) is 0.586. The first-order valence-corrected chi connectivity index (χ1v) is 11.9. The molecule has 38 heavy (non-hydrogen) atoms. The predicted molar refractivity (Wildman–Crippen MR) is 135 cm³/mol. The Morgan fingerprint density at radius 1 is 0.947 bits per heavy atom. The smallest absolute Gasteiger partial charge is 0.416 e. The number of halogens is 3. The molecule has 5 rings (SSSR count). The Balaban J connectivity index is 1.20. The van der Waals surface area contributed by atoms with E-state index < -0.39 is 11.7 Å². The van der Waals surface area contributed by atoms with E-state index in [1.807, 2.05) is 36.4 Å². The number of para-hydroxylation sites is 1. The largest absolute Gasteiger partial charge is 0.484 e. The highest BCUT2D eigenvalue weighted by atomic mass is 19.4. The fraction of sp³-hybridized carbons (Fsp3) is 0.172. The van der Waals surface area contributed by atoms with Gasteiger partial charge in [0.25, 0.3) is 11.8 Å². The normalized spacial score (nSPS) is 13.1. The van der Waals surface area contributed by atoms with Gasteiger partial charge in [-0.1, -0.05) is 18.2 Å². The van der Waals surface area contributed by atoms with Gasteiger partial charge < -0.3 is 19.4 Å². The third-order valence-corrected chi connectivity index (χ3v) is 6.18. The van der Waals surface area contributed by atoms with Gasteiger partial charge >= 0.3 is 6.18 Å². The zero-order valence-corrected chi connectivity index (χ0v) is 20.1. The molecule has 0 atom stereocenters. The van der Waals surface area contributed by atoms with Crippen molar-refractivity contribution in [3.63, 3.8) is 0 Å². The number of furan rings is 1. The van der Waals surface area contributed by atoms with E-state index in [0.29, 0.717) is 36.7 Å². The number of rotatable bonds is 6. The second-order valence-electron chi connectivity index (χ2n) is 8.84. The molecule has 0 spiro atoms. The molecule has 2 heterocycles. The monoisotopic (exact) mass is 520 g/mol. The van der Waals surface area contributed by atoms with E-state index in [9.17, 15) is 22.8 Å². The topological polar surface area (TPSA) is 71.8 Å². The maximum absolute atomic E-state index is 12.9. The van der Waals surface area contributed by atoms with Gasteiger partial charge in [-0.2, -0.15) is 13.2 Å². The van der Waals surface area contributed by atoms with Gasteiger partial charge in [0.1, 0.15) is 17.3 Å². The molecular formula is C29H23F3N2O4. The van der Waals surface area contributed by atoms with Crippen LogP contribution >= 0.6 is 0 Å². The summed E-state index contributed by atoms with van der Waals surface area (Å²) in [6.07, 6.45) is -3.95. The van der Waals surface area contributed by atoms with Crippen molar-refractivity contribution < 1.29 is 31.9 Å². The summed E-state index contributed by atoms with van der Waals surface area (Å²) in [4.78, 5) is 26.7. The molecule has 4 aromatic rings. The number of carbonyl (C=O) groups is 2. The molecule has 1 aliphatic rings. The number of benzene rings is 3. The van der Waals surface area contributed by atoms with E-state index in [0.717, 1.165) is 29.0 Å². The highest BCUT2D eigenvalue weighted by Gasteiger charge is 2.31. The fourth-order valence-electron chi connectivity index (χ4n) is 4.21. The first kappa shape index (κ1) is 25.1. The Morgan fingerprint density at radius 3 is 2.34 bits per heavy atom. The van der Waals surface area contributed by atoms with E-state index in [2.05, 4.69) is 5.32 Å². The van der Waals surface area contributed by atoms with E-state index in [-0.39, 0.29) is 24.0 Å². The Morgan fingerprint density at radius 2 is 1.66 bits per heavy atom. The van der Waals surface area contributed by atoms with Crippen molar-refractivity contribution in [2.45, 2.75) is 19.1 Å². The van der Waals surface area contributed by atoms with Crippen LogP contribution in [0.2, 0.25) is 0 Å². The number of fused-ring (bicyclic) bond motifs is 1. The molecule has 6 nitrogen and oxygen atoms in total. The van der Waals surface area contributed by atoms with Crippen molar-refractivity contribution in [1.82, 2.24) is 4.90 Å². The number of carbonyl (C=O) groups excluding carboxylic acids is 2. The quantitative estimate of drug-likeness (QED) is 0.330. The molecular weight excluding hydrogens is 497 g/mol. The maximum atomic E-state index is 12.9. The van der Waals surface area contributed by atoms with Crippen LogP contribution in [-0.4, -0.2) is 29.9 Å². The molecule has 0 saturated heterocycles. The van der Waals surface area contributed by atoms with Crippen LogP contribution in [0.4, 0.5) is 18.9 Å². The number of hydrogen-bond acceptors (Lipinski definition) is 4. The Labute approximate surface area is 216 Å². The lowest BCUT2D eigenvalue weighted by Crippen LogP contribution is -2.35. The fourth-order valence-corrected chi connectivity index (χ4v) is 4.21. The first-order valence-electron chi connectivity index (χ1n) is 11.9. The van der Waals surface area contributed by atoms with Crippen molar-refractivity contribution in [1.29, 1.82) is 0 Å². The summed E-state index contributed by atoms with van der Waals surface area (Å²) in [5.41, 5.74) is 1.68. The molecule has 194 valence electrons. The van der Waals surface area contributed by atoms with Crippen LogP contribution in [0.15, 0.2) is 89.3 Å². The van der Waals surface area contributed by atoms with Gasteiger partial charge in [0.15, 0.2) is 6.61 Å². The zero-order valence-electron chi connectivity index (χ0n) is 20.1. The minimum atomic E-state index is -4.45. The highest BCUT2D eigenvalue weighted by molar-refractivity contribution is 5.94. The maximum Gasteiger partial charge on any atom is 0.416 e. The van der Waals surface area contributed by atoms with Gasteiger partial charge in [-0.3, -0.25) is 9.59 Å². The van der Waals surface area contributed by atoms with Gasteiger partial charge in [0.05, 0.1) is 5.56 Å². The van der Waals surface area contributed by atoms with Crippen LogP contribution in [0, 0.1) is 0 Å². The van der Waals surface area contributed by atoms with E-state index >= 15 is 0 Å². The second-order valence-corrected chi connectivity index (χ2v) is 8.84. The van der Waals surface area contributed by atoms with Crippen LogP contribution in [0.1, 0.15) is 27.2 Å². The van der Waals surface area contributed by atoms with Crippen molar-refractivity contribution in [2.24, 2.45) is 0 Å². The molecule has 0 saturated carbocycles. The Kier molecular flexibility index (Phi) is 6.91. The van der Waals surface area contributed by atoms with E-state index in [1.165, 1.54) is 12.1 Å². The Bertz CT molecular complexity index is 1430. The van der Waals surface area contributed by atoms with E-state index in [4.69, 9.17) is 9.15 Å². The Hall–Kier alpha value is -4.53. The number of ether oxygens (including phenoxy) is 1. The lowest BCUT2D eigenvalue weighted by molar-refractivity contribution is -0.137.